The van der Waals surface area contributed by atoms with E-state index in [9.17, 15) is 38.4 Å². The maximum Gasteiger partial charge on any atom is 0.246 e. The normalized spacial score (nSPS) is 28.9. The van der Waals surface area contributed by atoms with E-state index >= 15 is 0 Å². The topological polar surface area (TPSA) is 222 Å². The molecule has 6 rings (SSSR count). The summed E-state index contributed by atoms with van der Waals surface area (Å²) in [6.45, 7) is 15.7. The van der Waals surface area contributed by atoms with Gasteiger partial charge >= 0.3 is 0 Å². The van der Waals surface area contributed by atoms with Gasteiger partial charge < -0.3 is 46.3 Å². The van der Waals surface area contributed by atoms with Crippen molar-refractivity contribution in [2.24, 2.45) is 23.7 Å². The van der Waals surface area contributed by atoms with Crippen LogP contribution in [-0.4, -0.2) is 135 Å². The van der Waals surface area contributed by atoms with Crippen molar-refractivity contribution >= 4 is 58.2 Å². The summed E-state index contributed by atoms with van der Waals surface area (Å²) in [5, 5.41) is 15.7. The van der Waals surface area contributed by atoms with E-state index < -0.39 is 102 Å². The van der Waals surface area contributed by atoms with Gasteiger partial charge in [0, 0.05) is 43.2 Å². The predicted octanol–water partition coefficient (Wildman–Crippen LogP) is 2.92. The van der Waals surface area contributed by atoms with E-state index in [0.717, 1.165) is 16.5 Å². The van der Waals surface area contributed by atoms with Gasteiger partial charge in [0.05, 0.1) is 0 Å². The van der Waals surface area contributed by atoms with Gasteiger partial charge in [0.2, 0.25) is 47.3 Å². The number of nitrogens with one attached hydrogen (secondary N) is 6. The second-order valence-corrected chi connectivity index (χ2v) is 19.9. The van der Waals surface area contributed by atoms with E-state index in [4.69, 9.17) is 0 Å². The molecule has 8 amide bonds. The standard InChI is InChI=1S/C49H73N9O8/c1-9-29(7)40-48(65)57-22-14-18-36(57)43(60)51-34(24-27(3)4)42(59)52-35(25-31-26-50-33-17-12-11-16-32(31)33)47(64)56-21-13-19-37(56)44(61)53-39(28(5)6)46(63)55-41(30(8)10-2)49(66)58-23-15-20-38(58)45(62)54-40/h11-12,16-17,26-30,34-41,50H,9-10,13-15,18-25H2,1-8H3,(H,51,60)(H,52,59)(H,53,61)(H,54,62)(H,55,63)/t29-,30-,34+,35+,36+,37+,38+,39+,40+,41?/m1/s1. The number of carbonyl (C=O) groups is 8. The van der Waals surface area contributed by atoms with Crippen LogP contribution < -0.4 is 26.6 Å². The number of para-hydroxylation sites is 1. The van der Waals surface area contributed by atoms with Crippen molar-refractivity contribution in [3.63, 3.8) is 0 Å². The zero-order valence-corrected chi connectivity index (χ0v) is 40.1. The molecule has 362 valence electrons. The molecule has 6 N–H and O–H groups in total. The van der Waals surface area contributed by atoms with Gasteiger partial charge in [-0.2, -0.15) is 0 Å². The molecule has 0 bridgehead atoms. The number of aromatic amines is 1. The summed E-state index contributed by atoms with van der Waals surface area (Å²) >= 11 is 0. The molecule has 5 heterocycles. The zero-order chi connectivity index (χ0) is 48.0. The zero-order valence-electron chi connectivity index (χ0n) is 40.1. The molecule has 4 saturated heterocycles. The Balaban J connectivity index is 1.40. The van der Waals surface area contributed by atoms with E-state index in [1.807, 2.05) is 65.8 Å². The average molecular weight is 916 g/mol. The summed E-state index contributed by atoms with van der Waals surface area (Å²) in [6.07, 6.45) is 5.79. The van der Waals surface area contributed by atoms with Gasteiger partial charge in [-0.05, 0) is 80.2 Å². The second-order valence-electron chi connectivity index (χ2n) is 19.9. The number of hydrogen-bond acceptors (Lipinski definition) is 8. The van der Waals surface area contributed by atoms with Gasteiger partial charge in [-0.25, -0.2) is 0 Å². The van der Waals surface area contributed by atoms with E-state index in [1.165, 1.54) is 14.7 Å². The molecule has 0 radical (unpaired) electrons. The maximum atomic E-state index is 14.9. The van der Waals surface area contributed by atoms with Gasteiger partial charge in [0.1, 0.15) is 48.3 Å². The van der Waals surface area contributed by atoms with E-state index in [0.29, 0.717) is 51.4 Å². The lowest BCUT2D eigenvalue weighted by Crippen LogP contribution is -2.62. The van der Waals surface area contributed by atoms with Gasteiger partial charge in [0.25, 0.3) is 0 Å². The number of H-pyrrole nitrogens is 1. The average Bonchev–Trinajstić information content (AvgIpc) is 4.14. The third-order valence-corrected chi connectivity index (χ3v) is 14.4. The van der Waals surface area contributed by atoms with Crippen molar-refractivity contribution in [2.45, 2.75) is 168 Å². The van der Waals surface area contributed by atoms with Gasteiger partial charge in [0.15, 0.2) is 0 Å². The highest BCUT2D eigenvalue weighted by molar-refractivity contribution is 6.00. The monoisotopic (exact) mass is 916 g/mol. The third kappa shape index (κ3) is 11.0. The maximum absolute atomic E-state index is 14.9. The van der Waals surface area contributed by atoms with Gasteiger partial charge in [-0.15, -0.1) is 0 Å². The summed E-state index contributed by atoms with van der Waals surface area (Å²) in [4.78, 5) is 124. The fourth-order valence-corrected chi connectivity index (χ4v) is 10.1. The van der Waals surface area contributed by atoms with Gasteiger partial charge in [-0.3, -0.25) is 38.4 Å². The largest absolute Gasteiger partial charge is 0.361 e. The van der Waals surface area contributed by atoms with Gasteiger partial charge in [-0.1, -0.05) is 86.4 Å². The Morgan fingerprint density at radius 2 is 1.00 bits per heavy atom. The molecular formula is C49H73N9O8. The van der Waals surface area contributed by atoms with Crippen LogP contribution in [0.25, 0.3) is 10.9 Å². The van der Waals surface area contributed by atoms with Crippen molar-refractivity contribution in [1.29, 1.82) is 0 Å². The molecule has 17 nitrogen and oxygen atoms in total. The number of carbonyl (C=O) groups excluding carboxylic acids is 8. The predicted molar refractivity (Wildman–Crippen MR) is 249 cm³/mol. The lowest BCUT2D eigenvalue weighted by molar-refractivity contribution is -0.146. The van der Waals surface area contributed by atoms with E-state index in [1.54, 1.807) is 20.0 Å². The molecule has 1 aromatic carbocycles. The lowest BCUT2D eigenvalue weighted by Gasteiger charge is -2.35. The molecular weight excluding hydrogens is 843 g/mol. The van der Waals surface area contributed by atoms with Crippen LogP contribution in [0.3, 0.4) is 0 Å². The molecule has 0 saturated carbocycles. The Hall–Kier alpha value is -5.48. The first-order chi connectivity index (χ1) is 31.4. The Bertz CT molecular complexity index is 2120. The van der Waals surface area contributed by atoms with E-state index in [2.05, 4.69) is 31.6 Å². The highest BCUT2D eigenvalue weighted by atomic mass is 16.2. The highest BCUT2D eigenvalue weighted by Crippen LogP contribution is 2.27. The summed E-state index contributed by atoms with van der Waals surface area (Å²) in [6, 6.07) is -0.460. The number of aromatic nitrogens is 1. The SMILES string of the molecule is CC[C@@H](C)C1NC(=O)[C@H](C(C)C)NC(=O)[C@@H]2CCCN2C(=O)[C@H](Cc2c[nH]c3ccccc23)NC(=O)[C@H](CC(C)C)NC(=O)[C@@H]2CCCN2C(=O)[C@H]([C@H](C)CC)NC(=O)[C@@H]2CCCN2C1=O. The number of fused-ring (bicyclic) bond motifs is 4. The van der Waals surface area contributed by atoms with Crippen LogP contribution in [0, 0.1) is 23.7 Å². The molecule has 1 unspecified atom stereocenters. The smallest absolute Gasteiger partial charge is 0.246 e. The Morgan fingerprint density at radius 3 is 1.50 bits per heavy atom. The summed E-state index contributed by atoms with van der Waals surface area (Å²) in [5.74, 6) is -5.11. The number of amides is 8. The van der Waals surface area contributed by atoms with Crippen LogP contribution in [0.15, 0.2) is 30.5 Å². The van der Waals surface area contributed by atoms with E-state index in [-0.39, 0.29) is 50.2 Å². The van der Waals surface area contributed by atoms with Crippen molar-refractivity contribution in [1.82, 2.24) is 46.3 Å². The van der Waals surface area contributed by atoms with Crippen LogP contribution in [0.1, 0.15) is 119 Å². The van der Waals surface area contributed by atoms with Crippen molar-refractivity contribution in [3.05, 3.63) is 36.0 Å². The number of nitrogens with zero attached hydrogens (tertiary/aromatic N) is 3. The first-order valence-electron chi connectivity index (χ1n) is 24.4. The lowest BCUT2D eigenvalue weighted by atomic mass is 9.95. The number of hydrogen-bond donors (Lipinski definition) is 6. The van der Waals surface area contributed by atoms with Crippen LogP contribution in [0.2, 0.25) is 0 Å². The minimum absolute atomic E-state index is 0.0535. The Labute approximate surface area is 389 Å². The molecule has 4 fully saturated rings. The van der Waals surface area contributed by atoms with Crippen LogP contribution in [0.4, 0.5) is 0 Å². The Morgan fingerprint density at radius 1 is 0.545 bits per heavy atom. The van der Waals surface area contributed by atoms with Crippen LogP contribution in [0.5, 0.6) is 0 Å². The molecule has 66 heavy (non-hydrogen) atoms. The fraction of sp³-hybridized carbons (Fsp3) is 0.673. The molecule has 4 aliphatic heterocycles. The van der Waals surface area contributed by atoms with Crippen molar-refractivity contribution in [3.8, 4) is 0 Å². The van der Waals surface area contributed by atoms with Crippen LogP contribution in [-0.2, 0) is 44.8 Å². The van der Waals surface area contributed by atoms with Crippen molar-refractivity contribution in [2.75, 3.05) is 19.6 Å². The summed E-state index contributed by atoms with van der Waals surface area (Å²) < 4.78 is 0. The highest BCUT2D eigenvalue weighted by Gasteiger charge is 2.45. The second kappa shape index (κ2) is 21.9. The molecule has 0 aliphatic carbocycles. The fourth-order valence-electron chi connectivity index (χ4n) is 10.1. The van der Waals surface area contributed by atoms with Crippen LogP contribution >= 0.6 is 0 Å². The number of benzene rings is 1. The molecule has 17 heteroatoms. The van der Waals surface area contributed by atoms with Crippen molar-refractivity contribution < 1.29 is 38.4 Å². The first-order valence-corrected chi connectivity index (χ1v) is 24.4. The summed E-state index contributed by atoms with van der Waals surface area (Å²) in [7, 11) is 0. The molecule has 2 aromatic rings. The third-order valence-electron chi connectivity index (χ3n) is 14.4. The molecule has 10 atom stereocenters. The first kappa shape index (κ1) is 49.9. The minimum Gasteiger partial charge on any atom is -0.361 e. The summed E-state index contributed by atoms with van der Waals surface area (Å²) in [5.41, 5.74) is 1.62. The molecule has 1 aromatic heterocycles. The number of rotatable bonds is 9. The molecule has 4 aliphatic rings. The Kier molecular flexibility index (Phi) is 16.6. The minimum atomic E-state index is -1.15. The molecule has 0 spiro atoms. The quantitative estimate of drug-likeness (QED) is 0.219.